The van der Waals surface area contributed by atoms with Crippen molar-refractivity contribution in [1.29, 1.82) is 0 Å². The average molecular weight is 399 g/mol. The largest absolute Gasteiger partial charge is 0.378 e. The maximum Gasteiger partial charge on any atom is 0.252 e. The fourth-order valence-corrected chi connectivity index (χ4v) is 4.25. The van der Waals surface area contributed by atoms with Crippen LogP contribution in [0.2, 0.25) is 0 Å². The first-order valence-corrected chi connectivity index (χ1v) is 10.5. The number of amides is 1. The molecule has 1 aliphatic carbocycles. The summed E-state index contributed by atoms with van der Waals surface area (Å²) in [6.07, 6.45) is 3.50. The molecule has 0 N–H and O–H groups in total. The average Bonchev–Trinajstić information content (AvgIpc) is 3.44. The predicted molar refractivity (Wildman–Crippen MR) is 107 cm³/mol. The highest BCUT2D eigenvalue weighted by molar-refractivity contribution is 5.84. The van der Waals surface area contributed by atoms with Crippen LogP contribution in [-0.4, -0.2) is 60.8 Å². The maximum absolute atomic E-state index is 13.8. The Labute approximate surface area is 169 Å². The number of ether oxygens (including phenoxy) is 2. The van der Waals surface area contributed by atoms with Gasteiger partial charge in [-0.25, -0.2) is 9.37 Å². The van der Waals surface area contributed by atoms with E-state index < -0.39 is 0 Å². The van der Waals surface area contributed by atoms with Gasteiger partial charge in [0.15, 0.2) is 0 Å². The summed E-state index contributed by atoms with van der Waals surface area (Å²) in [5, 5.41) is 0.888. The summed E-state index contributed by atoms with van der Waals surface area (Å²) in [6.45, 7) is 3.94. The zero-order valence-corrected chi connectivity index (χ0v) is 16.5. The lowest BCUT2D eigenvalue weighted by Gasteiger charge is -2.32. The summed E-state index contributed by atoms with van der Waals surface area (Å²) in [5.74, 6) is 0.633. The van der Waals surface area contributed by atoms with E-state index in [1.54, 1.807) is 6.07 Å². The molecule has 1 saturated carbocycles. The standard InChI is InChI=1S/C22H26FN3O3/c23-17-4-3-15-12-16(21(24-19(15)13-17)25-7-10-28-11-8-25)14-26(18-5-6-18)22(27)20-2-1-9-29-20/h3-4,12-13,18,20H,1-2,5-11,14H2/t20-/m0/s1. The van der Waals surface area contributed by atoms with Crippen molar-refractivity contribution in [1.82, 2.24) is 9.88 Å². The van der Waals surface area contributed by atoms with E-state index in [1.165, 1.54) is 12.1 Å². The number of pyridine rings is 1. The normalized spacial score (nSPS) is 22.2. The molecule has 2 aromatic rings. The molecule has 0 spiro atoms. The second-order valence-electron chi connectivity index (χ2n) is 8.11. The third-order valence-electron chi connectivity index (χ3n) is 5.96. The molecule has 1 atom stereocenters. The Kier molecular flexibility index (Phi) is 5.09. The number of hydrogen-bond acceptors (Lipinski definition) is 5. The Morgan fingerprint density at radius 2 is 2.00 bits per heavy atom. The monoisotopic (exact) mass is 399 g/mol. The Balaban J connectivity index is 1.51. The summed E-state index contributed by atoms with van der Waals surface area (Å²) in [5.41, 5.74) is 1.64. The maximum atomic E-state index is 13.8. The predicted octanol–water partition coefficient (Wildman–Crippen LogP) is 2.88. The summed E-state index contributed by atoms with van der Waals surface area (Å²) in [4.78, 5) is 22.1. The molecule has 1 aromatic carbocycles. The molecule has 6 nitrogen and oxygen atoms in total. The minimum Gasteiger partial charge on any atom is -0.378 e. The summed E-state index contributed by atoms with van der Waals surface area (Å²) in [6, 6.07) is 7.03. The van der Waals surface area contributed by atoms with Crippen LogP contribution in [0.3, 0.4) is 0 Å². The van der Waals surface area contributed by atoms with Crippen LogP contribution in [0, 0.1) is 5.82 Å². The Bertz CT molecular complexity index is 906. The fourth-order valence-electron chi connectivity index (χ4n) is 4.25. The van der Waals surface area contributed by atoms with Crippen molar-refractivity contribution in [3.8, 4) is 0 Å². The molecule has 1 amide bonds. The van der Waals surface area contributed by atoms with E-state index in [2.05, 4.69) is 11.0 Å². The van der Waals surface area contributed by atoms with Gasteiger partial charge in [-0.1, -0.05) is 0 Å². The van der Waals surface area contributed by atoms with Crippen LogP contribution in [0.5, 0.6) is 0 Å². The Morgan fingerprint density at radius 3 is 2.72 bits per heavy atom. The van der Waals surface area contributed by atoms with Crippen molar-refractivity contribution in [3.05, 3.63) is 35.6 Å². The van der Waals surface area contributed by atoms with Gasteiger partial charge in [0.1, 0.15) is 17.7 Å². The molecule has 29 heavy (non-hydrogen) atoms. The zero-order chi connectivity index (χ0) is 19.8. The smallest absolute Gasteiger partial charge is 0.252 e. The second kappa shape index (κ2) is 7.88. The van der Waals surface area contributed by atoms with Crippen molar-refractivity contribution < 1.29 is 18.7 Å². The Hall–Kier alpha value is -2.25. The van der Waals surface area contributed by atoms with Crippen molar-refractivity contribution in [2.45, 2.75) is 44.4 Å². The Morgan fingerprint density at radius 1 is 1.17 bits per heavy atom. The first-order chi connectivity index (χ1) is 14.2. The quantitative estimate of drug-likeness (QED) is 0.774. The molecule has 3 aliphatic rings. The third kappa shape index (κ3) is 3.94. The second-order valence-corrected chi connectivity index (χ2v) is 8.11. The van der Waals surface area contributed by atoms with Crippen molar-refractivity contribution >= 4 is 22.6 Å². The van der Waals surface area contributed by atoms with Gasteiger partial charge >= 0.3 is 0 Å². The van der Waals surface area contributed by atoms with Gasteiger partial charge in [0, 0.05) is 49.3 Å². The van der Waals surface area contributed by atoms with Gasteiger partial charge in [-0.05, 0) is 43.9 Å². The molecule has 0 bridgehead atoms. The number of morpholine rings is 1. The molecular weight excluding hydrogens is 373 g/mol. The third-order valence-corrected chi connectivity index (χ3v) is 5.96. The van der Waals surface area contributed by atoms with E-state index in [1.807, 2.05) is 4.90 Å². The number of carbonyl (C=O) groups is 1. The topological polar surface area (TPSA) is 54.9 Å². The molecular formula is C22H26FN3O3. The van der Waals surface area contributed by atoms with Crippen LogP contribution in [0.25, 0.3) is 10.9 Å². The van der Waals surface area contributed by atoms with Crippen LogP contribution >= 0.6 is 0 Å². The lowest BCUT2D eigenvalue weighted by molar-refractivity contribution is -0.142. The van der Waals surface area contributed by atoms with Crippen molar-refractivity contribution in [2.24, 2.45) is 0 Å². The van der Waals surface area contributed by atoms with Crippen LogP contribution in [0.4, 0.5) is 10.2 Å². The van der Waals surface area contributed by atoms with Gasteiger partial charge in [-0.3, -0.25) is 4.79 Å². The number of rotatable bonds is 5. The molecule has 0 radical (unpaired) electrons. The van der Waals surface area contributed by atoms with E-state index in [9.17, 15) is 9.18 Å². The van der Waals surface area contributed by atoms with E-state index in [0.29, 0.717) is 31.9 Å². The molecule has 2 aliphatic heterocycles. The van der Waals surface area contributed by atoms with E-state index >= 15 is 0 Å². The zero-order valence-electron chi connectivity index (χ0n) is 16.5. The van der Waals surface area contributed by atoms with E-state index in [0.717, 1.165) is 55.5 Å². The molecule has 1 aromatic heterocycles. The summed E-state index contributed by atoms with van der Waals surface area (Å²) >= 11 is 0. The van der Waals surface area contributed by atoms with Gasteiger partial charge in [0.2, 0.25) is 0 Å². The molecule has 5 rings (SSSR count). The highest BCUT2D eigenvalue weighted by atomic mass is 19.1. The van der Waals surface area contributed by atoms with Crippen LogP contribution in [-0.2, 0) is 20.8 Å². The van der Waals surface area contributed by atoms with Crippen molar-refractivity contribution in [2.75, 3.05) is 37.8 Å². The van der Waals surface area contributed by atoms with Crippen LogP contribution in [0.15, 0.2) is 24.3 Å². The SMILES string of the molecule is O=C([C@@H]1CCCO1)N(Cc1cc2ccc(F)cc2nc1N1CCOCC1)C1CC1. The fraction of sp³-hybridized carbons (Fsp3) is 0.545. The number of benzene rings is 1. The van der Waals surface area contributed by atoms with Gasteiger partial charge in [-0.2, -0.15) is 0 Å². The molecule has 3 heterocycles. The van der Waals surface area contributed by atoms with Gasteiger partial charge in [-0.15, -0.1) is 0 Å². The molecule has 3 fully saturated rings. The van der Waals surface area contributed by atoms with Crippen LogP contribution < -0.4 is 4.90 Å². The number of fused-ring (bicyclic) bond motifs is 1. The minimum atomic E-state index is -0.315. The number of hydrogen-bond donors (Lipinski definition) is 0. The highest BCUT2D eigenvalue weighted by Gasteiger charge is 2.38. The number of carbonyl (C=O) groups excluding carboxylic acids is 1. The number of halogens is 1. The molecule has 2 saturated heterocycles. The first kappa shape index (κ1) is 18.8. The lowest BCUT2D eigenvalue weighted by Crippen LogP contribution is -2.41. The molecule has 0 unspecified atom stereocenters. The van der Waals surface area contributed by atoms with E-state index in [-0.39, 0.29) is 23.9 Å². The van der Waals surface area contributed by atoms with Gasteiger partial charge < -0.3 is 19.3 Å². The number of nitrogens with zero attached hydrogens (tertiary/aromatic N) is 3. The van der Waals surface area contributed by atoms with Crippen LogP contribution in [0.1, 0.15) is 31.2 Å². The van der Waals surface area contributed by atoms with E-state index in [4.69, 9.17) is 14.5 Å². The first-order valence-electron chi connectivity index (χ1n) is 10.5. The molecule has 7 heteroatoms. The number of anilines is 1. The van der Waals surface area contributed by atoms with Gasteiger partial charge in [0.05, 0.1) is 18.7 Å². The lowest BCUT2D eigenvalue weighted by atomic mass is 10.1. The molecule has 154 valence electrons. The summed E-state index contributed by atoms with van der Waals surface area (Å²) in [7, 11) is 0. The summed E-state index contributed by atoms with van der Waals surface area (Å²) < 4.78 is 24.9. The number of aromatic nitrogens is 1. The van der Waals surface area contributed by atoms with Crippen molar-refractivity contribution in [3.63, 3.8) is 0 Å². The minimum absolute atomic E-state index is 0.0946. The highest BCUT2D eigenvalue weighted by Crippen LogP contribution is 2.33. The van der Waals surface area contributed by atoms with Gasteiger partial charge in [0.25, 0.3) is 5.91 Å².